The molecule has 0 saturated heterocycles. The van der Waals surface area contributed by atoms with E-state index in [0.717, 1.165) is 5.56 Å². The molecule has 0 fully saturated rings. The van der Waals surface area contributed by atoms with E-state index in [2.05, 4.69) is 0 Å². The van der Waals surface area contributed by atoms with Gasteiger partial charge in [-0.1, -0.05) is 12.1 Å². The van der Waals surface area contributed by atoms with Gasteiger partial charge in [0.15, 0.2) is 0 Å². The standard InChI is InChI=1S/C12H15ClO2/c1-9(14)11(5-6-13)7-10-3-2-4-12(15)8-10/h2-4,8,11,15H,5-7H2,1H3. The molecule has 1 rings (SSSR count). The van der Waals surface area contributed by atoms with Gasteiger partial charge in [0.05, 0.1) is 0 Å². The Bertz CT molecular complexity index is 336. The molecule has 15 heavy (non-hydrogen) atoms. The van der Waals surface area contributed by atoms with E-state index in [1.54, 1.807) is 25.1 Å². The molecular weight excluding hydrogens is 212 g/mol. The zero-order valence-electron chi connectivity index (χ0n) is 8.74. The van der Waals surface area contributed by atoms with E-state index in [9.17, 15) is 9.90 Å². The third kappa shape index (κ3) is 3.92. The molecule has 0 aliphatic carbocycles. The molecule has 0 spiro atoms. The fourth-order valence-electron chi connectivity index (χ4n) is 1.55. The number of carbonyl (C=O) groups is 1. The first kappa shape index (κ1) is 12.1. The van der Waals surface area contributed by atoms with E-state index >= 15 is 0 Å². The number of Topliss-reactive ketones (excluding diaryl/α,β-unsaturated/α-hetero) is 1. The lowest BCUT2D eigenvalue weighted by atomic mass is 9.93. The average molecular weight is 227 g/mol. The average Bonchev–Trinajstić information content (AvgIpc) is 2.17. The van der Waals surface area contributed by atoms with Crippen molar-refractivity contribution in [2.75, 3.05) is 5.88 Å². The second kappa shape index (κ2) is 5.76. The number of hydrogen-bond donors (Lipinski definition) is 1. The molecule has 82 valence electrons. The summed E-state index contributed by atoms with van der Waals surface area (Å²) < 4.78 is 0. The van der Waals surface area contributed by atoms with Crippen LogP contribution in [0.5, 0.6) is 5.75 Å². The monoisotopic (exact) mass is 226 g/mol. The van der Waals surface area contributed by atoms with Crippen molar-refractivity contribution in [3.8, 4) is 5.75 Å². The van der Waals surface area contributed by atoms with Crippen molar-refractivity contribution < 1.29 is 9.90 Å². The molecule has 1 N–H and O–H groups in total. The Morgan fingerprint density at radius 1 is 1.53 bits per heavy atom. The summed E-state index contributed by atoms with van der Waals surface area (Å²) in [5.74, 6) is 0.840. The minimum absolute atomic E-state index is 0.0377. The molecule has 3 heteroatoms. The van der Waals surface area contributed by atoms with Gasteiger partial charge in [-0.2, -0.15) is 0 Å². The fourth-order valence-corrected chi connectivity index (χ4v) is 1.81. The third-order valence-corrected chi connectivity index (χ3v) is 2.64. The van der Waals surface area contributed by atoms with E-state index in [0.29, 0.717) is 18.7 Å². The highest BCUT2D eigenvalue weighted by Gasteiger charge is 2.14. The number of aromatic hydroxyl groups is 1. The van der Waals surface area contributed by atoms with Gasteiger partial charge in [-0.3, -0.25) is 4.79 Å². The van der Waals surface area contributed by atoms with Crippen LogP contribution in [0.4, 0.5) is 0 Å². The number of phenols is 1. The van der Waals surface area contributed by atoms with Crippen LogP contribution in [0.3, 0.4) is 0 Å². The summed E-state index contributed by atoms with van der Waals surface area (Å²) in [7, 11) is 0. The van der Waals surface area contributed by atoms with Crippen LogP contribution in [0.1, 0.15) is 18.9 Å². The normalized spacial score (nSPS) is 12.4. The quantitative estimate of drug-likeness (QED) is 0.784. The van der Waals surface area contributed by atoms with E-state index in [4.69, 9.17) is 11.6 Å². The van der Waals surface area contributed by atoms with Crippen LogP contribution in [0.2, 0.25) is 0 Å². The van der Waals surface area contributed by atoms with Crippen molar-refractivity contribution in [3.05, 3.63) is 29.8 Å². The molecule has 1 aromatic rings. The molecule has 0 amide bonds. The number of phenolic OH excluding ortho intramolecular Hbond substituents is 1. The van der Waals surface area contributed by atoms with Crippen molar-refractivity contribution in [1.82, 2.24) is 0 Å². The molecule has 0 aromatic heterocycles. The Balaban J connectivity index is 2.69. The highest BCUT2D eigenvalue weighted by molar-refractivity contribution is 6.18. The summed E-state index contributed by atoms with van der Waals surface area (Å²) in [6.45, 7) is 1.58. The van der Waals surface area contributed by atoms with E-state index in [-0.39, 0.29) is 17.5 Å². The van der Waals surface area contributed by atoms with E-state index in [1.165, 1.54) is 0 Å². The summed E-state index contributed by atoms with van der Waals surface area (Å²) in [6, 6.07) is 6.99. The van der Waals surface area contributed by atoms with E-state index in [1.807, 2.05) is 6.07 Å². The SMILES string of the molecule is CC(=O)C(CCCl)Cc1cccc(O)c1. The molecule has 2 nitrogen and oxygen atoms in total. The maximum Gasteiger partial charge on any atom is 0.133 e. The minimum Gasteiger partial charge on any atom is -0.508 e. The van der Waals surface area contributed by atoms with Gasteiger partial charge in [-0.05, 0) is 37.5 Å². The number of hydrogen-bond acceptors (Lipinski definition) is 2. The van der Waals surface area contributed by atoms with Crippen LogP contribution in [0.15, 0.2) is 24.3 Å². The molecule has 0 radical (unpaired) electrons. The van der Waals surface area contributed by atoms with Crippen molar-refractivity contribution in [1.29, 1.82) is 0 Å². The van der Waals surface area contributed by atoms with Gasteiger partial charge in [0.1, 0.15) is 11.5 Å². The Hall–Kier alpha value is -1.02. The van der Waals surface area contributed by atoms with Crippen LogP contribution in [-0.4, -0.2) is 16.8 Å². The van der Waals surface area contributed by atoms with Gasteiger partial charge in [-0.15, -0.1) is 11.6 Å². The third-order valence-electron chi connectivity index (χ3n) is 2.43. The number of alkyl halides is 1. The predicted molar refractivity (Wildman–Crippen MR) is 61.3 cm³/mol. The van der Waals surface area contributed by atoms with Gasteiger partial charge in [-0.25, -0.2) is 0 Å². The summed E-state index contributed by atoms with van der Waals surface area (Å²) in [5, 5.41) is 9.28. The molecule has 1 aromatic carbocycles. The second-order valence-corrected chi connectivity index (χ2v) is 4.04. The van der Waals surface area contributed by atoms with Gasteiger partial charge in [0, 0.05) is 11.8 Å². The Morgan fingerprint density at radius 2 is 2.27 bits per heavy atom. The first-order valence-corrected chi connectivity index (χ1v) is 5.51. The van der Waals surface area contributed by atoms with Gasteiger partial charge >= 0.3 is 0 Å². The lowest BCUT2D eigenvalue weighted by molar-refractivity contribution is -0.120. The Morgan fingerprint density at radius 3 is 2.80 bits per heavy atom. The van der Waals surface area contributed by atoms with Crippen LogP contribution >= 0.6 is 11.6 Å². The first-order chi connectivity index (χ1) is 7.13. The number of benzene rings is 1. The van der Waals surface area contributed by atoms with Crippen molar-refractivity contribution in [2.45, 2.75) is 19.8 Å². The van der Waals surface area contributed by atoms with Crippen LogP contribution in [0.25, 0.3) is 0 Å². The molecule has 0 bridgehead atoms. The highest BCUT2D eigenvalue weighted by Crippen LogP contribution is 2.17. The van der Waals surface area contributed by atoms with Crippen molar-refractivity contribution >= 4 is 17.4 Å². The summed E-state index contributed by atoms with van der Waals surface area (Å²) in [5.41, 5.74) is 0.973. The molecular formula is C12H15ClO2. The number of carbonyl (C=O) groups excluding carboxylic acids is 1. The van der Waals surface area contributed by atoms with Crippen LogP contribution in [0, 0.1) is 5.92 Å². The zero-order chi connectivity index (χ0) is 11.3. The molecule has 0 aliphatic heterocycles. The Labute approximate surface area is 94.9 Å². The van der Waals surface area contributed by atoms with Crippen molar-refractivity contribution in [2.24, 2.45) is 5.92 Å². The van der Waals surface area contributed by atoms with Gasteiger partial charge in [0.2, 0.25) is 0 Å². The fraction of sp³-hybridized carbons (Fsp3) is 0.417. The highest BCUT2D eigenvalue weighted by atomic mass is 35.5. The lowest BCUT2D eigenvalue weighted by Gasteiger charge is -2.12. The lowest BCUT2D eigenvalue weighted by Crippen LogP contribution is -2.14. The molecule has 0 aliphatic rings. The largest absolute Gasteiger partial charge is 0.508 e. The van der Waals surface area contributed by atoms with Crippen molar-refractivity contribution in [3.63, 3.8) is 0 Å². The minimum atomic E-state index is -0.0377. The first-order valence-electron chi connectivity index (χ1n) is 4.98. The smallest absolute Gasteiger partial charge is 0.133 e. The van der Waals surface area contributed by atoms with E-state index < -0.39 is 0 Å². The van der Waals surface area contributed by atoms with Gasteiger partial charge < -0.3 is 5.11 Å². The Kier molecular flexibility index (Phi) is 4.63. The number of ketones is 1. The topological polar surface area (TPSA) is 37.3 Å². The molecule has 1 atom stereocenters. The molecule has 1 unspecified atom stereocenters. The number of rotatable bonds is 5. The second-order valence-electron chi connectivity index (χ2n) is 3.66. The molecule has 0 saturated carbocycles. The zero-order valence-corrected chi connectivity index (χ0v) is 9.50. The summed E-state index contributed by atoms with van der Waals surface area (Å²) >= 11 is 5.64. The van der Waals surface area contributed by atoms with Gasteiger partial charge in [0.25, 0.3) is 0 Å². The van der Waals surface area contributed by atoms with Crippen LogP contribution in [-0.2, 0) is 11.2 Å². The van der Waals surface area contributed by atoms with Crippen LogP contribution < -0.4 is 0 Å². The number of halogens is 1. The molecule has 0 heterocycles. The predicted octanol–water partition coefficient (Wildman–Crippen LogP) is 2.77. The summed E-state index contributed by atoms with van der Waals surface area (Å²) in [6.07, 6.45) is 1.34. The maximum atomic E-state index is 11.3. The maximum absolute atomic E-state index is 11.3. The summed E-state index contributed by atoms with van der Waals surface area (Å²) in [4.78, 5) is 11.3.